The summed E-state index contributed by atoms with van der Waals surface area (Å²) in [5, 5.41) is 4.02. The fraction of sp³-hybridized carbons (Fsp3) is 0.491. The van der Waals surface area contributed by atoms with Crippen molar-refractivity contribution in [3.8, 4) is 0 Å². The first-order valence-electron chi connectivity index (χ1n) is 23.4. The Morgan fingerprint density at radius 3 is 1.60 bits per heavy atom. The molecule has 0 saturated heterocycles. The van der Waals surface area contributed by atoms with E-state index in [0.717, 1.165) is 34.0 Å². The number of pyridine rings is 2. The minimum atomic E-state index is -4.35. The second kappa shape index (κ2) is 27.9. The third kappa shape index (κ3) is 19.8. The molecule has 15 heteroatoms. The van der Waals surface area contributed by atoms with E-state index in [1.165, 1.54) is 53.7 Å². The highest BCUT2D eigenvalue weighted by Crippen LogP contribution is 2.35. The zero-order valence-electron chi connectivity index (χ0n) is 44.7. The number of furan rings is 1. The Kier molecular flexibility index (Phi) is 24.9. The molecule has 0 unspecified atom stereocenters. The van der Waals surface area contributed by atoms with Crippen LogP contribution in [0.2, 0.25) is 5.15 Å². The predicted octanol–water partition coefficient (Wildman–Crippen LogP) is 16.5. The van der Waals surface area contributed by atoms with Crippen LogP contribution in [0.1, 0.15) is 174 Å². The number of carbonyl (C=O) groups excluding carboxylic acids is 1. The van der Waals surface area contributed by atoms with Gasteiger partial charge in [0.15, 0.2) is 5.69 Å². The normalized spacial score (nSPS) is 12.7. The molecule has 1 aromatic carbocycles. The molecule has 6 rings (SSSR count). The highest BCUT2D eigenvalue weighted by molar-refractivity contribution is 6.30. The van der Waals surface area contributed by atoms with Crippen LogP contribution in [0.25, 0.3) is 0 Å². The topological polar surface area (TPSA) is 80.3 Å². The molecule has 70 heavy (non-hydrogen) atoms. The van der Waals surface area contributed by atoms with Crippen molar-refractivity contribution in [1.29, 1.82) is 0 Å². The number of halogens is 7. The maximum Gasteiger partial charge on any atom is 0.435 e. The summed E-state index contributed by atoms with van der Waals surface area (Å²) in [4.78, 5) is 23.3. The standard InChI is InChI=1S/C11H13F3.C10H16N2O.C9H13N.C9H14O.C8H10ClN.C8H11F3N2/c1-7(2)9-5-4-8(3)10(6-9)11(12,13)14;1-7(2)9-6-11(4)8(3)12(5)10(9)13;1-7(2)9-5-4-8(3)10-6-9;1-6(2)9-7(3)5-10-8(9)4;1-6(2)7-4-3-5-10-8(7)9;1-5(2)6-4-13(3)12-7(6)8(9,10)11/h4-7H,1-3H3;6-7H,3H2,1-2,4-5H3;4-7H,1-3H3;5-6H,1-4H3;3-6H,1-2H3;4-5H,1-3H3. The van der Waals surface area contributed by atoms with E-state index < -0.39 is 23.6 Å². The summed E-state index contributed by atoms with van der Waals surface area (Å²) in [6.07, 6.45) is 0.150. The number of nitrogens with zero attached hydrogens (tertiary/aromatic N) is 6. The van der Waals surface area contributed by atoms with Crippen LogP contribution in [0.4, 0.5) is 26.3 Å². The number of alkyl halides is 6. The van der Waals surface area contributed by atoms with Crippen LogP contribution in [-0.4, -0.2) is 49.6 Å². The molecule has 5 aromatic rings. The quantitative estimate of drug-likeness (QED) is 0.125. The maximum absolute atomic E-state index is 12.5. The maximum atomic E-state index is 12.5. The molecule has 0 fully saturated rings. The first-order chi connectivity index (χ1) is 32.1. The zero-order valence-corrected chi connectivity index (χ0v) is 45.5. The molecule has 4 aromatic heterocycles. The molecule has 1 aliphatic heterocycles. The van der Waals surface area contributed by atoms with Crippen LogP contribution in [0.5, 0.6) is 0 Å². The number of rotatable bonds is 6. The van der Waals surface area contributed by atoms with Crippen LogP contribution < -0.4 is 0 Å². The Morgan fingerprint density at radius 1 is 0.671 bits per heavy atom. The van der Waals surface area contributed by atoms with Gasteiger partial charge in [-0.15, -0.1) is 0 Å². The molecule has 0 saturated carbocycles. The van der Waals surface area contributed by atoms with Gasteiger partial charge >= 0.3 is 12.4 Å². The molecule has 0 aliphatic carbocycles. The van der Waals surface area contributed by atoms with Crippen LogP contribution in [0.3, 0.4) is 0 Å². The van der Waals surface area contributed by atoms with Crippen molar-refractivity contribution >= 4 is 17.5 Å². The number of likely N-dealkylation sites (N-methyl/N-ethyl adjacent to an activating group) is 1. The molecular formula is C55H77ClF6N6O2. The van der Waals surface area contributed by atoms with Gasteiger partial charge in [-0.3, -0.25) is 19.4 Å². The summed E-state index contributed by atoms with van der Waals surface area (Å²) in [5.74, 6) is 3.68. The van der Waals surface area contributed by atoms with Crippen LogP contribution in [0.15, 0.2) is 95.9 Å². The van der Waals surface area contributed by atoms with E-state index >= 15 is 0 Å². The molecule has 0 radical (unpaired) electrons. The number of hydrogen-bond acceptors (Lipinski definition) is 6. The van der Waals surface area contributed by atoms with Crippen molar-refractivity contribution in [2.75, 3.05) is 14.1 Å². The minimum absolute atomic E-state index is 0.0538. The molecule has 0 N–H and O–H groups in total. The molecule has 5 heterocycles. The average Bonchev–Trinajstić information content (AvgIpc) is 3.83. The molecule has 0 bridgehead atoms. The SMILES string of the molecule is C=C1N(C)C=C(C(C)C)C(=O)N1C.CC(C)c1cccnc1Cl.CC(C)c1cn(C)nc1C(F)(F)F.Cc1ccc(C(C)C)cc1C(F)(F)F.Cc1ccc(C(C)C)cn1.Cc1coc(C)c1C(C)C. The Bertz CT molecular complexity index is 2410. The van der Waals surface area contributed by atoms with Gasteiger partial charge < -0.3 is 9.32 Å². The predicted molar refractivity (Wildman–Crippen MR) is 274 cm³/mol. The van der Waals surface area contributed by atoms with E-state index in [4.69, 9.17) is 16.0 Å². The number of benzene rings is 1. The van der Waals surface area contributed by atoms with E-state index in [9.17, 15) is 31.1 Å². The molecular weight excluding hydrogens is 926 g/mol. The van der Waals surface area contributed by atoms with Crippen molar-refractivity contribution in [3.63, 3.8) is 0 Å². The van der Waals surface area contributed by atoms with Gasteiger partial charge in [-0.25, -0.2) is 4.98 Å². The van der Waals surface area contributed by atoms with Crippen LogP contribution in [0, 0.1) is 33.6 Å². The summed E-state index contributed by atoms with van der Waals surface area (Å²) in [7, 11) is 5.13. The molecule has 1 amide bonds. The third-order valence-electron chi connectivity index (χ3n) is 11.1. The molecule has 1 aliphatic rings. The van der Waals surface area contributed by atoms with E-state index in [1.54, 1.807) is 38.1 Å². The fourth-order valence-electron chi connectivity index (χ4n) is 6.83. The van der Waals surface area contributed by atoms with Crippen molar-refractivity contribution in [2.45, 2.75) is 153 Å². The van der Waals surface area contributed by atoms with Crippen molar-refractivity contribution in [1.82, 2.24) is 29.5 Å². The minimum Gasteiger partial charge on any atom is -0.469 e. The highest BCUT2D eigenvalue weighted by atomic mass is 35.5. The molecule has 388 valence electrons. The van der Waals surface area contributed by atoms with Gasteiger partial charge in [0, 0.05) is 62.8 Å². The van der Waals surface area contributed by atoms with E-state index in [2.05, 4.69) is 82.2 Å². The first-order valence-corrected chi connectivity index (χ1v) is 23.8. The van der Waals surface area contributed by atoms with Crippen LogP contribution in [-0.2, 0) is 24.2 Å². The third-order valence-corrected chi connectivity index (χ3v) is 11.4. The Labute approximate surface area is 419 Å². The van der Waals surface area contributed by atoms with Gasteiger partial charge in [0.1, 0.15) is 16.7 Å². The number of amides is 1. The Balaban J connectivity index is 0.000000422. The zero-order chi connectivity index (χ0) is 54.2. The van der Waals surface area contributed by atoms with Crippen molar-refractivity contribution in [3.05, 3.63) is 158 Å². The number of aromatic nitrogens is 4. The van der Waals surface area contributed by atoms with Gasteiger partial charge in [0.05, 0.1) is 11.8 Å². The summed E-state index contributed by atoms with van der Waals surface area (Å²) < 4.78 is 81.0. The molecule has 8 nitrogen and oxygen atoms in total. The smallest absolute Gasteiger partial charge is 0.435 e. The number of carbonyl (C=O) groups is 1. The highest BCUT2D eigenvalue weighted by Gasteiger charge is 2.37. The summed E-state index contributed by atoms with van der Waals surface area (Å²) >= 11 is 5.81. The van der Waals surface area contributed by atoms with Crippen molar-refractivity contribution in [2.24, 2.45) is 13.0 Å². The van der Waals surface area contributed by atoms with Crippen LogP contribution >= 0.6 is 11.6 Å². The van der Waals surface area contributed by atoms with Gasteiger partial charge in [0.2, 0.25) is 0 Å². The van der Waals surface area contributed by atoms with Gasteiger partial charge in [-0.05, 0) is 115 Å². The lowest BCUT2D eigenvalue weighted by Crippen LogP contribution is -2.39. The lowest BCUT2D eigenvalue weighted by Gasteiger charge is -2.33. The Hall–Kier alpha value is -5.37. The second-order valence-electron chi connectivity index (χ2n) is 19.1. The largest absolute Gasteiger partial charge is 0.469 e. The van der Waals surface area contributed by atoms with Gasteiger partial charge in [-0.1, -0.05) is 126 Å². The van der Waals surface area contributed by atoms with E-state index in [-0.39, 0.29) is 34.8 Å². The summed E-state index contributed by atoms with van der Waals surface area (Å²) in [6.45, 7) is 35.5. The average molecular weight is 1000 g/mol. The van der Waals surface area contributed by atoms with Crippen molar-refractivity contribution < 1.29 is 35.6 Å². The summed E-state index contributed by atoms with van der Waals surface area (Å²) in [6, 6.07) is 12.6. The van der Waals surface area contributed by atoms with Gasteiger partial charge in [0.25, 0.3) is 5.91 Å². The second-order valence-corrected chi connectivity index (χ2v) is 19.4. The monoisotopic (exact) mass is 1000 g/mol. The van der Waals surface area contributed by atoms with E-state index in [1.807, 2.05) is 84.3 Å². The molecule has 0 atom stereocenters. The fourth-order valence-corrected chi connectivity index (χ4v) is 7.17. The Morgan fingerprint density at radius 2 is 1.23 bits per heavy atom. The number of aryl methyl sites for hydroxylation is 5. The number of hydrogen-bond donors (Lipinski definition) is 0. The first kappa shape index (κ1) is 62.6. The lowest BCUT2D eigenvalue weighted by atomic mass is 9.98. The summed E-state index contributed by atoms with van der Waals surface area (Å²) in [5.41, 5.74) is 6.93. The van der Waals surface area contributed by atoms with E-state index in [0.29, 0.717) is 22.9 Å². The van der Waals surface area contributed by atoms with Gasteiger partial charge in [-0.2, -0.15) is 31.4 Å². The molecule has 0 spiro atoms. The lowest BCUT2D eigenvalue weighted by molar-refractivity contribution is -0.142.